The van der Waals surface area contributed by atoms with Gasteiger partial charge < -0.3 is 15.3 Å². The first kappa shape index (κ1) is 14.7. The molecule has 19 heavy (non-hydrogen) atoms. The molecule has 0 spiro atoms. The van der Waals surface area contributed by atoms with Gasteiger partial charge in [0, 0.05) is 11.8 Å². The van der Waals surface area contributed by atoms with Crippen LogP contribution in [0, 0.1) is 0 Å². The summed E-state index contributed by atoms with van der Waals surface area (Å²) in [5.74, 6) is -0.496. The van der Waals surface area contributed by atoms with E-state index in [9.17, 15) is 14.7 Å². The summed E-state index contributed by atoms with van der Waals surface area (Å²) in [5.41, 5.74) is -0.994. The summed E-state index contributed by atoms with van der Waals surface area (Å²) in [7, 11) is 0. The number of amides is 1. The van der Waals surface area contributed by atoms with Crippen molar-refractivity contribution in [3.05, 3.63) is 0 Å². The molecule has 2 saturated heterocycles. The Bertz CT molecular complexity index is 358. The van der Waals surface area contributed by atoms with Crippen LogP contribution in [-0.4, -0.2) is 58.1 Å². The lowest BCUT2D eigenvalue weighted by Crippen LogP contribution is -2.51. The van der Waals surface area contributed by atoms with Gasteiger partial charge in [0.25, 0.3) is 0 Å². The molecular weight excluding hydrogens is 264 g/mol. The second-order valence-corrected chi connectivity index (χ2v) is 6.78. The highest BCUT2D eigenvalue weighted by Crippen LogP contribution is 2.30. The van der Waals surface area contributed by atoms with Crippen molar-refractivity contribution in [3.8, 4) is 0 Å². The molecular formula is C13H22N2O3S. The Hall–Kier alpha value is -0.750. The molecule has 0 aliphatic carbocycles. The third-order valence-corrected chi connectivity index (χ3v) is 5.49. The Morgan fingerprint density at radius 1 is 1.42 bits per heavy atom. The molecule has 0 aromatic heterocycles. The fourth-order valence-electron chi connectivity index (χ4n) is 2.81. The van der Waals surface area contributed by atoms with Crippen LogP contribution in [0.4, 0.5) is 0 Å². The van der Waals surface area contributed by atoms with Gasteiger partial charge in [-0.05, 0) is 45.7 Å². The van der Waals surface area contributed by atoms with Crippen molar-refractivity contribution < 1.29 is 14.7 Å². The highest BCUT2D eigenvalue weighted by atomic mass is 32.2. The van der Waals surface area contributed by atoms with E-state index in [0.717, 1.165) is 32.4 Å². The lowest BCUT2D eigenvalue weighted by Gasteiger charge is -2.31. The summed E-state index contributed by atoms with van der Waals surface area (Å²) in [6.07, 6.45) is 3.53. The van der Waals surface area contributed by atoms with E-state index >= 15 is 0 Å². The van der Waals surface area contributed by atoms with Crippen molar-refractivity contribution in [1.29, 1.82) is 0 Å². The van der Waals surface area contributed by atoms with Crippen LogP contribution in [0.5, 0.6) is 0 Å². The first-order valence-electron chi connectivity index (χ1n) is 6.90. The van der Waals surface area contributed by atoms with Crippen molar-refractivity contribution in [3.63, 3.8) is 0 Å². The normalized spacial score (nSPS) is 28.6. The lowest BCUT2D eigenvalue weighted by molar-refractivity contribution is -0.154. The van der Waals surface area contributed by atoms with Crippen molar-refractivity contribution in [2.45, 2.75) is 43.4 Å². The van der Waals surface area contributed by atoms with Gasteiger partial charge in [-0.2, -0.15) is 0 Å². The average molecular weight is 286 g/mol. The van der Waals surface area contributed by atoms with E-state index in [4.69, 9.17) is 0 Å². The highest BCUT2D eigenvalue weighted by Gasteiger charge is 2.45. The minimum Gasteiger partial charge on any atom is -0.480 e. The maximum atomic E-state index is 12.2. The summed E-state index contributed by atoms with van der Waals surface area (Å²) in [6, 6.07) is 0. The van der Waals surface area contributed by atoms with Gasteiger partial charge in [0.15, 0.2) is 0 Å². The molecule has 1 atom stereocenters. The van der Waals surface area contributed by atoms with Gasteiger partial charge in [-0.25, -0.2) is 4.79 Å². The topological polar surface area (TPSA) is 69.6 Å². The minimum atomic E-state index is -0.994. The zero-order chi connectivity index (χ0) is 13.9. The van der Waals surface area contributed by atoms with Crippen LogP contribution in [0.2, 0.25) is 0 Å². The number of likely N-dealkylation sites (tertiary alicyclic amines) is 1. The van der Waals surface area contributed by atoms with Crippen LogP contribution in [0.25, 0.3) is 0 Å². The number of carboxylic acid groups (broad SMARTS) is 1. The number of thioether (sulfide) groups is 1. The van der Waals surface area contributed by atoms with Gasteiger partial charge in [-0.1, -0.05) is 0 Å². The Morgan fingerprint density at radius 3 is 2.74 bits per heavy atom. The molecule has 0 saturated carbocycles. The van der Waals surface area contributed by atoms with E-state index in [1.54, 1.807) is 23.6 Å². The van der Waals surface area contributed by atoms with E-state index in [2.05, 4.69) is 5.32 Å². The summed E-state index contributed by atoms with van der Waals surface area (Å²) >= 11 is 1.68. The third kappa shape index (κ3) is 3.23. The van der Waals surface area contributed by atoms with Gasteiger partial charge in [0.05, 0.1) is 5.75 Å². The molecule has 0 aromatic rings. The van der Waals surface area contributed by atoms with Crippen LogP contribution in [-0.2, 0) is 9.59 Å². The molecule has 2 aliphatic rings. The van der Waals surface area contributed by atoms with Crippen molar-refractivity contribution in [2.24, 2.45) is 0 Å². The molecule has 0 bridgehead atoms. The molecule has 1 amide bonds. The molecule has 2 fully saturated rings. The van der Waals surface area contributed by atoms with Gasteiger partial charge in [0.2, 0.25) is 5.91 Å². The van der Waals surface area contributed by atoms with Crippen LogP contribution >= 0.6 is 11.8 Å². The van der Waals surface area contributed by atoms with Crippen LogP contribution in [0.15, 0.2) is 0 Å². The SMILES string of the molecule is CC1(C(=O)O)CCCN1C(=O)CSC1CCNCC1. The Kier molecular flexibility index (Phi) is 4.73. The second kappa shape index (κ2) is 6.13. The van der Waals surface area contributed by atoms with E-state index < -0.39 is 11.5 Å². The van der Waals surface area contributed by atoms with Gasteiger partial charge in [-0.15, -0.1) is 11.8 Å². The Labute approximate surface area is 118 Å². The van der Waals surface area contributed by atoms with Gasteiger partial charge in [0.1, 0.15) is 5.54 Å². The van der Waals surface area contributed by atoms with Gasteiger partial charge in [-0.3, -0.25) is 4.79 Å². The number of carboxylic acids is 1. The predicted octanol–water partition coefficient (Wildman–Crippen LogP) is 0.937. The molecule has 0 aromatic carbocycles. The maximum Gasteiger partial charge on any atom is 0.329 e. The summed E-state index contributed by atoms with van der Waals surface area (Å²) in [4.78, 5) is 25.1. The minimum absolute atomic E-state index is 0.0223. The molecule has 108 valence electrons. The van der Waals surface area contributed by atoms with E-state index in [1.165, 1.54) is 0 Å². The van der Waals surface area contributed by atoms with E-state index in [-0.39, 0.29) is 5.91 Å². The Morgan fingerprint density at radius 2 is 2.11 bits per heavy atom. The largest absolute Gasteiger partial charge is 0.480 e. The number of aliphatic carboxylic acids is 1. The maximum absolute atomic E-state index is 12.2. The zero-order valence-electron chi connectivity index (χ0n) is 11.4. The number of carbonyl (C=O) groups is 2. The number of rotatable bonds is 4. The smallest absolute Gasteiger partial charge is 0.329 e. The molecule has 2 N–H and O–H groups in total. The quantitative estimate of drug-likeness (QED) is 0.805. The number of hydrogen-bond donors (Lipinski definition) is 2. The van der Waals surface area contributed by atoms with E-state index in [1.807, 2.05) is 0 Å². The average Bonchev–Trinajstić information content (AvgIpc) is 2.81. The third-order valence-electron chi connectivity index (χ3n) is 4.13. The molecule has 2 rings (SSSR count). The number of nitrogens with zero attached hydrogens (tertiary/aromatic N) is 1. The predicted molar refractivity (Wildman–Crippen MR) is 75.3 cm³/mol. The molecule has 2 heterocycles. The monoisotopic (exact) mass is 286 g/mol. The lowest BCUT2D eigenvalue weighted by atomic mass is 9.99. The number of carbonyl (C=O) groups excluding carboxylic acids is 1. The molecule has 2 aliphatic heterocycles. The highest BCUT2D eigenvalue weighted by molar-refractivity contribution is 8.00. The molecule has 0 radical (unpaired) electrons. The van der Waals surface area contributed by atoms with Crippen molar-refractivity contribution in [1.82, 2.24) is 10.2 Å². The van der Waals surface area contributed by atoms with Crippen molar-refractivity contribution in [2.75, 3.05) is 25.4 Å². The van der Waals surface area contributed by atoms with Crippen molar-refractivity contribution >= 4 is 23.6 Å². The summed E-state index contributed by atoms with van der Waals surface area (Å²) < 4.78 is 0. The van der Waals surface area contributed by atoms with Gasteiger partial charge >= 0.3 is 5.97 Å². The standard InChI is InChI=1S/C13H22N2O3S/c1-13(12(17)18)5-2-8-15(13)11(16)9-19-10-3-6-14-7-4-10/h10,14H,2-9H2,1H3,(H,17,18). The van der Waals surface area contributed by atoms with Crippen LogP contribution in [0.3, 0.4) is 0 Å². The second-order valence-electron chi connectivity index (χ2n) is 5.49. The fourth-order valence-corrected chi connectivity index (χ4v) is 3.92. The first-order chi connectivity index (χ1) is 9.04. The number of nitrogens with one attached hydrogen (secondary N) is 1. The van der Waals surface area contributed by atoms with Crippen LogP contribution < -0.4 is 5.32 Å². The van der Waals surface area contributed by atoms with E-state index in [0.29, 0.717) is 24.0 Å². The first-order valence-corrected chi connectivity index (χ1v) is 7.95. The zero-order valence-corrected chi connectivity index (χ0v) is 12.2. The number of hydrogen-bond acceptors (Lipinski definition) is 4. The summed E-state index contributed by atoms with van der Waals surface area (Å²) in [5, 5.41) is 13.1. The fraction of sp³-hybridized carbons (Fsp3) is 0.846. The summed E-state index contributed by atoms with van der Waals surface area (Å²) in [6.45, 7) is 4.27. The Balaban J connectivity index is 1.87. The molecule has 6 heteroatoms. The number of piperidine rings is 1. The molecule has 1 unspecified atom stereocenters. The van der Waals surface area contributed by atoms with Crippen LogP contribution in [0.1, 0.15) is 32.6 Å². The molecule has 5 nitrogen and oxygen atoms in total.